The predicted molar refractivity (Wildman–Crippen MR) is 114 cm³/mol. The Bertz CT molecular complexity index is 941. The van der Waals surface area contributed by atoms with Crippen molar-refractivity contribution in [1.82, 2.24) is 4.90 Å². The highest BCUT2D eigenvalue weighted by Gasteiger charge is 2.43. The second-order valence-corrected chi connectivity index (χ2v) is 7.61. The molecule has 9 heteroatoms. The number of carbonyl (C=O) groups excluding carboxylic acids is 1. The molecule has 31 heavy (non-hydrogen) atoms. The molecule has 9 nitrogen and oxygen atoms in total. The maximum Gasteiger partial charge on any atom is 0.331 e. The van der Waals surface area contributed by atoms with Crippen molar-refractivity contribution in [3.8, 4) is 0 Å². The van der Waals surface area contributed by atoms with Crippen LogP contribution in [0.5, 0.6) is 0 Å². The summed E-state index contributed by atoms with van der Waals surface area (Å²) in [4.78, 5) is 37.0. The van der Waals surface area contributed by atoms with E-state index < -0.39 is 28.3 Å². The second-order valence-electron chi connectivity index (χ2n) is 7.61. The molecule has 1 aliphatic heterocycles. The molecule has 0 saturated carbocycles. The fourth-order valence-electron chi connectivity index (χ4n) is 3.94. The smallest absolute Gasteiger partial charge is 0.331 e. The highest BCUT2D eigenvalue weighted by molar-refractivity contribution is 5.85. The monoisotopic (exact) mass is 427 g/mol. The minimum atomic E-state index is -1.04. The third-order valence-electron chi connectivity index (χ3n) is 5.67. The van der Waals surface area contributed by atoms with Gasteiger partial charge in [0, 0.05) is 37.5 Å². The van der Waals surface area contributed by atoms with Crippen LogP contribution >= 0.6 is 0 Å². The quantitative estimate of drug-likeness (QED) is 0.375. The van der Waals surface area contributed by atoms with E-state index in [1.54, 1.807) is 24.3 Å². The first kappa shape index (κ1) is 22.2. The first-order valence-electron chi connectivity index (χ1n) is 9.96. The molecule has 1 heterocycles. The van der Waals surface area contributed by atoms with E-state index in [1.165, 1.54) is 19.2 Å². The maximum atomic E-state index is 12.6. The number of rotatable bonds is 8. The number of likely N-dealkylation sites (tertiary alicyclic amines) is 1. The van der Waals surface area contributed by atoms with Gasteiger partial charge in [-0.1, -0.05) is 36.4 Å². The number of nitrogens with one attached hydrogen (secondary N) is 1. The average Bonchev–Trinajstić information content (AvgIpc) is 2.78. The Morgan fingerprint density at radius 1 is 1.19 bits per heavy atom. The van der Waals surface area contributed by atoms with Gasteiger partial charge in [-0.15, -0.1) is 0 Å². The van der Waals surface area contributed by atoms with E-state index in [2.05, 4.69) is 5.32 Å². The van der Waals surface area contributed by atoms with Gasteiger partial charge in [0.15, 0.2) is 0 Å². The second kappa shape index (κ2) is 9.57. The lowest BCUT2D eigenvalue weighted by Gasteiger charge is -2.41. The summed E-state index contributed by atoms with van der Waals surface area (Å²) in [6.45, 7) is 1.29. The van der Waals surface area contributed by atoms with Crippen LogP contribution in [-0.4, -0.2) is 59.2 Å². The molecule has 2 N–H and O–H groups in total. The van der Waals surface area contributed by atoms with Crippen molar-refractivity contribution in [2.45, 2.75) is 24.3 Å². The van der Waals surface area contributed by atoms with Crippen molar-refractivity contribution in [1.29, 1.82) is 0 Å². The molecule has 0 aliphatic carbocycles. The first-order chi connectivity index (χ1) is 14.8. The number of hydrogen-bond donors (Lipinski definition) is 2. The van der Waals surface area contributed by atoms with Crippen LogP contribution in [0.3, 0.4) is 0 Å². The number of ether oxygens (including phenoxy) is 1. The van der Waals surface area contributed by atoms with Crippen molar-refractivity contribution in [3.63, 3.8) is 0 Å². The minimum absolute atomic E-state index is 0.0744. The van der Waals surface area contributed by atoms with Gasteiger partial charge in [-0.05, 0) is 24.5 Å². The highest BCUT2D eigenvalue weighted by Crippen LogP contribution is 2.31. The molecule has 1 atom stereocenters. The van der Waals surface area contributed by atoms with Crippen molar-refractivity contribution < 1.29 is 24.4 Å². The van der Waals surface area contributed by atoms with Crippen LogP contribution < -0.4 is 5.32 Å². The lowest BCUT2D eigenvalue weighted by atomic mass is 9.86. The third kappa shape index (κ3) is 5.18. The molecule has 164 valence electrons. The molecule has 0 spiro atoms. The van der Waals surface area contributed by atoms with Gasteiger partial charge in [-0.3, -0.25) is 14.9 Å². The van der Waals surface area contributed by atoms with Crippen molar-refractivity contribution >= 4 is 23.3 Å². The molecule has 1 unspecified atom stereocenters. The number of carbonyl (C=O) groups is 2. The maximum absolute atomic E-state index is 12.6. The fourth-order valence-corrected chi connectivity index (χ4v) is 3.94. The number of anilines is 1. The number of methoxy groups -OCH3 is 1. The number of aliphatic carboxylic acids is 1. The van der Waals surface area contributed by atoms with Gasteiger partial charge in [0.2, 0.25) is 0 Å². The summed E-state index contributed by atoms with van der Waals surface area (Å²) >= 11 is 0. The molecule has 1 aliphatic rings. The van der Waals surface area contributed by atoms with Gasteiger partial charge in [0.05, 0.1) is 18.0 Å². The van der Waals surface area contributed by atoms with Gasteiger partial charge in [0.1, 0.15) is 5.54 Å². The Kier molecular flexibility index (Phi) is 6.86. The summed E-state index contributed by atoms with van der Waals surface area (Å²) in [5.41, 5.74) is 0.0799. The van der Waals surface area contributed by atoms with E-state index in [1.807, 2.05) is 23.1 Å². The Hall–Kier alpha value is -3.46. The topological polar surface area (TPSA) is 122 Å². The Balaban J connectivity index is 1.73. The highest BCUT2D eigenvalue weighted by atomic mass is 16.6. The molecule has 0 bridgehead atoms. The SMILES string of the molecule is COC(=O)C1(Nc2cccc([N+](=O)[O-])c2)CCN(CC(C(=O)O)c2ccccc2)CC1. The lowest BCUT2D eigenvalue weighted by Crippen LogP contribution is -2.55. The van der Waals surface area contributed by atoms with E-state index in [9.17, 15) is 24.8 Å². The molecule has 2 aromatic rings. The van der Waals surface area contributed by atoms with Gasteiger partial charge in [-0.25, -0.2) is 4.79 Å². The molecule has 2 aromatic carbocycles. The van der Waals surface area contributed by atoms with Crippen LogP contribution in [0, 0.1) is 10.1 Å². The van der Waals surface area contributed by atoms with E-state index in [4.69, 9.17) is 4.74 Å². The standard InChI is InChI=1S/C22H25N3O6/c1-31-21(28)22(23-17-8-5-9-18(14-17)25(29)30)10-12-24(13-11-22)15-19(20(26)27)16-6-3-2-4-7-16/h2-9,14,19,23H,10-13,15H2,1H3,(H,26,27). The summed E-state index contributed by atoms with van der Waals surface area (Å²) in [6.07, 6.45) is 0.757. The van der Waals surface area contributed by atoms with Crippen LogP contribution in [0.1, 0.15) is 24.3 Å². The minimum Gasteiger partial charge on any atom is -0.481 e. The molecule has 0 aromatic heterocycles. The van der Waals surface area contributed by atoms with Gasteiger partial charge in [0.25, 0.3) is 5.69 Å². The van der Waals surface area contributed by atoms with Gasteiger partial charge < -0.3 is 20.1 Å². The van der Waals surface area contributed by atoms with E-state index >= 15 is 0 Å². The molecule has 0 radical (unpaired) electrons. The summed E-state index contributed by atoms with van der Waals surface area (Å²) < 4.78 is 5.02. The van der Waals surface area contributed by atoms with E-state index in [0.29, 0.717) is 38.2 Å². The number of carboxylic acid groups (broad SMARTS) is 1. The first-order valence-corrected chi connectivity index (χ1v) is 9.96. The van der Waals surface area contributed by atoms with Crippen LogP contribution in [0.25, 0.3) is 0 Å². The number of benzene rings is 2. The number of esters is 1. The van der Waals surface area contributed by atoms with Gasteiger partial charge >= 0.3 is 11.9 Å². The summed E-state index contributed by atoms with van der Waals surface area (Å²) in [6, 6.07) is 15.0. The largest absolute Gasteiger partial charge is 0.481 e. The number of carboxylic acids is 1. The normalized spacial score (nSPS) is 16.8. The lowest BCUT2D eigenvalue weighted by molar-refractivity contribution is -0.384. The molecule has 1 saturated heterocycles. The molecule has 0 amide bonds. The molecular formula is C22H25N3O6. The van der Waals surface area contributed by atoms with Crippen molar-refractivity contribution in [3.05, 3.63) is 70.3 Å². The van der Waals surface area contributed by atoms with Crippen LogP contribution in [0.15, 0.2) is 54.6 Å². The Labute approximate surface area is 179 Å². The molecular weight excluding hydrogens is 402 g/mol. The average molecular weight is 427 g/mol. The Morgan fingerprint density at radius 3 is 2.45 bits per heavy atom. The summed E-state index contributed by atoms with van der Waals surface area (Å²) in [5, 5.41) is 23.9. The molecule has 3 rings (SSSR count). The third-order valence-corrected chi connectivity index (χ3v) is 5.67. The number of non-ortho nitro benzene ring substituents is 1. The molecule has 1 fully saturated rings. The number of piperidine rings is 1. The number of nitro benzene ring substituents is 1. The zero-order chi connectivity index (χ0) is 22.4. The predicted octanol–water partition coefficient (Wildman–Crippen LogP) is 2.88. The number of nitro groups is 1. The van der Waals surface area contributed by atoms with Crippen LogP contribution in [0.2, 0.25) is 0 Å². The van der Waals surface area contributed by atoms with Crippen LogP contribution in [0.4, 0.5) is 11.4 Å². The van der Waals surface area contributed by atoms with Crippen molar-refractivity contribution in [2.24, 2.45) is 0 Å². The van der Waals surface area contributed by atoms with Gasteiger partial charge in [-0.2, -0.15) is 0 Å². The van der Waals surface area contributed by atoms with Crippen molar-refractivity contribution in [2.75, 3.05) is 32.1 Å². The summed E-state index contributed by atoms with van der Waals surface area (Å²) in [7, 11) is 1.31. The van der Waals surface area contributed by atoms with E-state index in [0.717, 1.165) is 5.56 Å². The number of nitrogens with zero attached hydrogens (tertiary/aromatic N) is 2. The fraction of sp³-hybridized carbons (Fsp3) is 0.364. The zero-order valence-corrected chi connectivity index (χ0v) is 17.2. The number of hydrogen-bond acceptors (Lipinski definition) is 7. The summed E-state index contributed by atoms with van der Waals surface area (Å²) in [5.74, 6) is -2.02. The van der Waals surface area contributed by atoms with Crippen LogP contribution in [-0.2, 0) is 14.3 Å². The Morgan fingerprint density at radius 2 is 1.87 bits per heavy atom. The van der Waals surface area contributed by atoms with E-state index in [-0.39, 0.29) is 5.69 Å². The zero-order valence-electron chi connectivity index (χ0n) is 17.2.